The molecule has 0 aliphatic heterocycles. The fourth-order valence-electron chi connectivity index (χ4n) is 2.68. The van der Waals surface area contributed by atoms with Crippen LogP contribution >= 0.6 is 0 Å². The molecular formula is C19H22O7S2. The Balaban J connectivity index is 2.36. The molecular weight excluding hydrogens is 404 g/mol. The molecule has 0 aromatic heterocycles. The summed E-state index contributed by atoms with van der Waals surface area (Å²) in [6.07, 6.45) is 2.54. The lowest BCUT2D eigenvalue weighted by Crippen LogP contribution is -2.12. The summed E-state index contributed by atoms with van der Waals surface area (Å²) < 4.78 is 53.9. The normalized spacial score (nSPS) is 12.0. The Bertz CT molecular complexity index is 1020. The Kier molecular flexibility index (Phi) is 6.97. The zero-order valence-corrected chi connectivity index (χ0v) is 17.2. The summed E-state index contributed by atoms with van der Waals surface area (Å²) in [5.74, 6) is 0.144. The molecule has 0 aliphatic rings. The van der Waals surface area contributed by atoms with Gasteiger partial charge in [0, 0.05) is 36.7 Å². The first-order chi connectivity index (χ1) is 13.0. The standard InChI is InChI=1S/C19H22O7S2/c1-27(22,23)18-9-4-10-19(28(2,24)25)16(18)13-26-15-7-3-6-14(12-15)17(21)8-5-11-20/h3-4,6-7,9-10,12,20H,5,8,11,13H2,1-2H3. The smallest absolute Gasteiger partial charge is 0.175 e. The van der Waals surface area contributed by atoms with Gasteiger partial charge in [0.05, 0.1) is 9.79 Å². The molecule has 7 nitrogen and oxygen atoms in total. The van der Waals surface area contributed by atoms with Crippen LogP contribution in [0.3, 0.4) is 0 Å². The van der Waals surface area contributed by atoms with Crippen molar-refractivity contribution in [3.05, 3.63) is 53.6 Å². The van der Waals surface area contributed by atoms with E-state index in [1.54, 1.807) is 18.2 Å². The lowest BCUT2D eigenvalue weighted by atomic mass is 10.1. The van der Waals surface area contributed by atoms with Crippen LogP contribution in [0.4, 0.5) is 0 Å². The summed E-state index contributed by atoms with van der Waals surface area (Å²) in [6.45, 7) is -0.377. The molecule has 152 valence electrons. The Morgan fingerprint density at radius 1 is 0.964 bits per heavy atom. The van der Waals surface area contributed by atoms with Crippen LogP contribution in [0, 0.1) is 0 Å². The first kappa shape index (κ1) is 22.1. The van der Waals surface area contributed by atoms with Gasteiger partial charge in [0.25, 0.3) is 0 Å². The van der Waals surface area contributed by atoms with Gasteiger partial charge in [-0.05, 0) is 30.7 Å². The maximum atomic E-state index is 12.1. The summed E-state index contributed by atoms with van der Waals surface area (Å²) in [6, 6.07) is 10.3. The number of ether oxygens (including phenoxy) is 1. The molecule has 0 heterocycles. The van der Waals surface area contributed by atoms with E-state index in [9.17, 15) is 21.6 Å². The van der Waals surface area contributed by atoms with Gasteiger partial charge >= 0.3 is 0 Å². The molecule has 28 heavy (non-hydrogen) atoms. The van der Waals surface area contributed by atoms with Gasteiger partial charge < -0.3 is 9.84 Å². The Morgan fingerprint density at radius 3 is 2.07 bits per heavy atom. The van der Waals surface area contributed by atoms with Gasteiger partial charge in [-0.1, -0.05) is 18.2 Å². The highest BCUT2D eigenvalue weighted by Crippen LogP contribution is 2.26. The molecule has 0 atom stereocenters. The van der Waals surface area contributed by atoms with E-state index in [1.807, 2.05) is 0 Å². The van der Waals surface area contributed by atoms with E-state index < -0.39 is 19.7 Å². The molecule has 0 spiro atoms. The van der Waals surface area contributed by atoms with E-state index in [1.165, 1.54) is 24.3 Å². The van der Waals surface area contributed by atoms with Crippen molar-refractivity contribution in [1.29, 1.82) is 0 Å². The lowest BCUT2D eigenvalue weighted by Gasteiger charge is -2.14. The van der Waals surface area contributed by atoms with Gasteiger partial charge in [-0.25, -0.2) is 16.8 Å². The van der Waals surface area contributed by atoms with E-state index >= 15 is 0 Å². The van der Waals surface area contributed by atoms with Crippen LogP contribution in [0.1, 0.15) is 28.8 Å². The minimum Gasteiger partial charge on any atom is -0.489 e. The third-order valence-corrected chi connectivity index (χ3v) is 6.35. The van der Waals surface area contributed by atoms with Crippen molar-refractivity contribution in [2.24, 2.45) is 0 Å². The second kappa shape index (κ2) is 8.85. The van der Waals surface area contributed by atoms with Crippen LogP contribution < -0.4 is 4.74 Å². The summed E-state index contributed by atoms with van der Waals surface area (Å²) in [4.78, 5) is 11.8. The molecule has 0 unspecified atom stereocenters. The van der Waals surface area contributed by atoms with Crippen molar-refractivity contribution < 1.29 is 31.5 Å². The Hall–Kier alpha value is -2.23. The van der Waals surface area contributed by atoms with Crippen molar-refractivity contribution in [2.45, 2.75) is 29.2 Å². The monoisotopic (exact) mass is 426 g/mol. The Morgan fingerprint density at radius 2 is 1.54 bits per heavy atom. The zero-order chi connectivity index (χ0) is 20.9. The van der Waals surface area contributed by atoms with Crippen LogP contribution in [0.15, 0.2) is 52.3 Å². The number of hydrogen-bond acceptors (Lipinski definition) is 7. The molecule has 0 bridgehead atoms. The summed E-state index contributed by atoms with van der Waals surface area (Å²) in [5, 5.41) is 8.84. The second-order valence-electron chi connectivity index (χ2n) is 6.34. The first-order valence-corrected chi connectivity index (χ1v) is 12.2. The number of sulfone groups is 2. The quantitative estimate of drug-likeness (QED) is 0.610. The largest absolute Gasteiger partial charge is 0.489 e. The number of carbonyl (C=O) groups excluding carboxylic acids is 1. The fourth-order valence-corrected chi connectivity index (χ4v) is 4.63. The number of rotatable bonds is 9. The number of benzene rings is 2. The highest BCUT2D eigenvalue weighted by molar-refractivity contribution is 7.91. The molecule has 0 saturated heterocycles. The molecule has 9 heteroatoms. The van der Waals surface area contributed by atoms with Crippen molar-refractivity contribution in [3.63, 3.8) is 0 Å². The number of Topliss-reactive ketones (excluding diaryl/α,β-unsaturated/α-hetero) is 1. The number of hydrogen-bond donors (Lipinski definition) is 1. The highest BCUT2D eigenvalue weighted by Gasteiger charge is 2.22. The summed E-state index contributed by atoms with van der Waals surface area (Å²) >= 11 is 0. The summed E-state index contributed by atoms with van der Waals surface area (Å²) in [5.41, 5.74) is 0.440. The van der Waals surface area contributed by atoms with Gasteiger partial charge in [0.15, 0.2) is 25.5 Å². The van der Waals surface area contributed by atoms with Crippen molar-refractivity contribution in [3.8, 4) is 5.75 Å². The zero-order valence-electron chi connectivity index (χ0n) is 15.6. The predicted octanol–water partition coefficient (Wildman–Crippen LogP) is 2.03. The molecule has 2 aromatic carbocycles. The van der Waals surface area contributed by atoms with Gasteiger partial charge in [0.1, 0.15) is 12.4 Å². The molecule has 0 amide bonds. The average Bonchev–Trinajstić information content (AvgIpc) is 2.62. The second-order valence-corrected chi connectivity index (χ2v) is 10.3. The van der Waals surface area contributed by atoms with Gasteiger partial charge in [-0.15, -0.1) is 0 Å². The average molecular weight is 427 g/mol. The van der Waals surface area contributed by atoms with Crippen molar-refractivity contribution >= 4 is 25.5 Å². The topological polar surface area (TPSA) is 115 Å². The van der Waals surface area contributed by atoms with E-state index in [-0.39, 0.29) is 40.8 Å². The van der Waals surface area contributed by atoms with Crippen LogP contribution in [-0.2, 0) is 26.3 Å². The maximum Gasteiger partial charge on any atom is 0.175 e. The maximum absolute atomic E-state index is 12.1. The molecule has 0 saturated carbocycles. The van der Waals surface area contributed by atoms with Gasteiger partial charge in [0.2, 0.25) is 0 Å². The molecule has 1 N–H and O–H groups in total. The minimum atomic E-state index is -3.67. The molecule has 2 rings (SSSR count). The molecule has 0 fully saturated rings. The van der Waals surface area contributed by atoms with Gasteiger partial charge in [-0.3, -0.25) is 4.79 Å². The van der Waals surface area contributed by atoms with Crippen LogP contribution in [0.2, 0.25) is 0 Å². The van der Waals surface area contributed by atoms with Gasteiger partial charge in [-0.2, -0.15) is 0 Å². The first-order valence-electron chi connectivity index (χ1n) is 8.43. The lowest BCUT2D eigenvalue weighted by molar-refractivity contribution is 0.0970. The minimum absolute atomic E-state index is 0.0458. The van der Waals surface area contributed by atoms with E-state index in [0.717, 1.165) is 12.5 Å². The van der Waals surface area contributed by atoms with E-state index in [0.29, 0.717) is 17.7 Å². The van der Waals surface area contributed by atoms with Crippen molar-refractivity contribution in [1.82, 2.24) is 0 Å². The molecule has 2 aromatic rings. The number of carbonyl (C=O) groups is 1. The number of aliphatic hydroxyl groups excluding tert-OH is 1. The van der Waals surface area contributed by atoms with Crippen molar-refractivity contribution in [2.75, 3.05) is 19.1 Å². The number of ketones is 1. The highest BCUT2D eigenvalue weighted by atomic mass is 32.2. The summed E-state index contributed by atoms with van der Waals surface area (Å²) in [7, 11) is -7.35. The number of aliphatic hydroxyl groups is 1. The van der Waals surface area contributed by atoms with E-state index in [2.05, 4.69) is 0 Å². The predicted molar refractivity (Wildman–Crippen MR) is 104 cm³/mol. The molecule has 0 radical (unpaired) electrons. The fraction of sp³-hybridized carbons (Fsp3) is 0.316. The third-order valence-electron chi connectivity index (χ3n) is 3.99. The van der Waals surface area contributed by atoms with Crippen LogP contribution in [-0.4, -0.2) is 46.8 Å². The van der Waals surface area contributed by atoms with E-state index in [4.69, 9.17) is 9.84 Å². The van der Waals surface area contributed by atoms with Crippen LogP contribution in [0.5, 0.6) is 5.75 Å². The molecule has 0 aliphatic carbocycles. The van der Waals surface area contributed by atoms with Crippen LogP contribution in [0.25, 0.3) is 0 Å². The SMILES string of the molecule is CS(=O)(=O)c1cccc(S(C)(=O)=O)c1COc1cccc(C(=O)CCCO)c1. The third kappa shape index (κ3) is 5.63. The Labute approximate surface area is 164 Å².